The molecule has 1 fully saturated rings. The molecule has 1 aliphatic carbocycles. The highest BCUT2D eigenvalue weighted by molar-refractivity contribution is 6.35. The lowest BCUT2D eigenvalue weighted by Gasteiger charge is -2.41. The predicted octanol–water partition coefficient (Wildman–Crippen LogP) is 5.33. The standard InChI is InChI=1S/C17H25Cl2N/c1-12(2)13-5-7-17(11-20,8-6-13)10-14-3-4-15(18)9-16(14)19/h3-4,9,12-13H,5-8,10-11,20H2,1-2H3. The highest BCUT2D eigenvalue weighted by atomic mass is 35.5. The summed E-state index contributed by atoms with van der Waals surface area (Å²) in [4.78, 5) is 0. The van der Waals surface area contributed by atoms with Gasteiger partial charge < -0.3 is 5.73 Å². The van der Waals surface area contributed by atoms with Crippen LogP contribution in [-0.4, -0.2) is 6.54 Å². The Hall–Kier alpha value is -0.240. The van der Waals surface area contributed by atoms with E-state index in [0.717, 1.165) is 29.8 Å². The summed E-state index contributed by atoms with van der Waals surface area (Å²) in [5, 5.41) is 1.47. The van der Waals surface area contributed by atoms with Crippen LogP contribution in [0.25, 0.3) is 0 Å². The third-order valence-corrected chi connectivity index (χ3v) is 5.63. The van der Waals surface area contributed by atoms with Crippen molar-refractivity contribution in [2.45, 2.75) is 46.0 Å². The number of rotatable bonds is 4. The average Bonchev–Trinajstić information content (AvgIpc) is 2.42. The van der Waals surface area contributed by atoms with Crippen molar-refractivity contribution in [3.8, 4) is 0 Å². The summed E-state index contributed by atoms with van der Waals surface area (Å²) in [5.41, 5.74) is 7.53. The van der Waals surface area contributed by atoms with E-state index in [1.807, 2.05) is 12.1 Å². The molecule has 2 N–H and O–H groups in total. The van der Waals surface area contributed by atoms with Crippen molar-refractivity contribution in [3.05, 3.63) is 33.8 Å². The van der Waals surface area contributed by atoms with Crippen molar-refractivity contribution in [1.29, 1.82) is 0 Å². The molecule has 0 amide bonds. The molecular weight excluding hydrogens is 289 g/mol. The van der Waals surface area contributed by atoms with Crippen LogP contribution in [0.15, 0.2) is 18.2 Å². The second kappa shape index (κ2) is 6.68. The Morgan fingerprint density at radius 2 is 1.90 bits per heavy atom. The van der Waals surface area contributed by atoms with Crippen molar-refractivity contribution in [3.63, 3.8) is 0 Å². The van der Waals surface area contributed by atoms with Gasteiger partial charge in [-0.25, -0.2) is 0 Å². The second-order valence-electron chi connectivity index (χ2n) is 6.70. The molecule has 0 aromatic heterocycles. The van der Waals surface area contributed by atoms with E-state index in [1.165, 1.54) is 31.2 Å². The first kappa shape index (κ1) is 16.1. The minimum absolute atomic E-state index is 0.225. The van der Waals surface area contributed by atoms with Gasteiger partial charge in [0.05, 0.1) is 0 Å². The zero-order chi connectivity index (χ0) is 14.8. The van der Waals surface area contributed by atoms with Gasteiger partial charge in [0.2, 0.25) is 0 Å². The highest BCUT2D eigenvalue weighted by Crippen LogP contribution is 2.43. The Bertz CT molecular complexity index is 448. The van der Waals surface area contributed by atoms with Gasteiger partial charge >= 0.3 is 0 Å². The maximum Gasteiger partial charge on any atom is 0.0453 e. The van der Waals surface area contributed by atoms with Gasteiger partial charge in [-0.15, -0.1) is 0 Å². The fourth-order valence-corrected chi connectivity index (χ4v) is 3.92. The molecule has 1 aromatic rings. The van der Waals surface area contributed by atoms with Crippen LogP contribution in [-0.2, 0) is 6.42 Å². The fraction of sp³-hybridized carbons (Fsp3) is 0.647. The van der Waals surface area contributed by atoms with Crippen LogP contribution in [0.5, 0.6) is 0 Å². The summed E-state index contributed by atoms with van der Waals surface area (Å²) in [6.45, 7) is 5.41. The molecule has 1 aromatic carbocycles. The first-order valence-electron chi connectivity index (χ1n) is 7.60. The third-order valence-electron chi connectivity index (χ3n) is 5.05. The number of halogens is 2. The van der Waals surface area contributed by atoms with Crippen LogP contribution in [0, 0.1) is 17.3 Å². The van der Waals surface area contributed by atoms with E-state index in [9.17, 15) is 0 Å². The van der Waals surface area contributed by atoms with Crippen LogP contribution in [0.1, 0.15) is 45.1 Å². The molecule has 2 rings (SSSR count). The van der Waals surface area contributed by atoms with E-state index in [0.29, 0.717) is 5.02 Å². The first-order chi connectivity index (χ1) is 9.46. The monoisotopic (exact) mass is 313 g/mol. The fourth-order valence-electron chi connectivity index (χ4n) is 3.44. The smallest absolute Gasteiger partial charge is 0.0453 e. The van der Waals surface area contributed by atoms with E-state index in [2.05, 4.69) is 19.9 Å². The summed E-state index contributed by atoms with van der Waals surface area (Å²) in [5.74, 6) is 1.64. The van der Waals surface area contributed by atoms with Crippen LogP contribution < -0.4 is 5.73 Å². The minimum Gasteiger partial charge on any atom is -0.330 e. The zero-order valence-electron chi connectivity index (χ0n) is 12.5. The van der Waals surface area contributed by atoms with Gasteiger partial charge in [0.15, 0.2) is 0 Å². The molecule has 0 spiro atoms. The number of hydrogen-bond donors (Lipinski definition) is 1. The van der Waals surface area contributed by atoms with E-state index in [4.69, 9.17) is 28.9 Å². The summed E-state index contributed by atoms with van der Waals surface area (Å²) >= 11 is 12.3. The molecule has 20 heavy (non-hydrogen) atoms. The molecule has 3 heteroatoms. The van der Waals surface area contributed by atoms with Crippen molar-refractivity contribution in [2.24, 2.45) is 23.0 Å². The molecule has 1 nitrogen and oxygen atoms in total. The summed E-state index contributed by atoms with van der Waals surface area (Å²) in [6.07, 6.45) is 5.99. The van der Waals surface area contributed by atoms with Gasteiger partial charge in [-0.3, -0.25) is 0 Å². The van der Waals surface area contributed by atoms with Crippen molar-refractivity contribution in [2.75, 3.05) is 6.54 Å². The van der Waals surface area contributed by atoms with E-state index in [1.54, 1.807) is 0 Å². The Morgan fingerprint density at radius 1 is 1.25 bits per heavy atom. The molecule has 0 aliphatic heterocycles. The molecule has 0 unspecified atom stereocenters. The lowest BCUT2D eigenvalue weighted by atomic mass is 9.65. The lowest BCUT2D eigenvalue weighted by Crippen LogP contribution is -2.37. The summed E-state index contributed by atoms with van der Waals surface area (Å²) < 4.78 is 0. The molecule has 1 aliphatic rings. The number of benzene rings is 1. The largest absolute Gasteiger partial charge is 0.330 e. The quantitative estimate of drug-likeness (QED) is 0.799. The van der Waals surface area contributed by atoms with Crippen molar-refractivity contribution >= 4 is 23.2 Å². The predicted molar refractivity (Wildman–Crippen MR) is 88.4 cm³/mol. The first-order valence-corrected chi connectivity index (χ1v) is 8.35. The summed E-state index contributed by atoms with van der Waals surface area (Å²) in [6, 6.07) is 5.81. The van der Waals surface area contributed by atoms with E-state index < -0.39 is 0 Å². The normalized spacial score (nSPS) is 27.0. The Labute approximate surface area is 132 Å². The average molecular weight is 314 g/mol. The Kier molecular flexibility index (Phi) is 5.39. The second-order valence-corrected chi connectivity index (χ2v) is 7.54. The molecule has 0 bridgehead atoms. The molecule has 0 heterocycles. The lowest BCUT2D eigenvalue weighted by molar-refractivity contribution is 0.132. The van der Waals surface area contributed by atoms with Crippen molar-refractivity contribution < 1.29 is 0 Å². The van der Waals surface area contributed by atoms with Gasteiger partial charge in [-0.1, -0.05) is 43.1 Å². The molecule has 112 valence electrons. The van der Waals surface area contributed by atoms with Crippen molar-refractivity contribution in [1.82, 2.24) is 0 Å². The molecule has 0 radical (unpaired) electrons. The molecule has 0 atom stereocenters. The van der Waals surface area contributed by atoms with Crippen LogP contribution in [0.3, 0.4) is 0 Å². The molecular formula is C17H25Cl2N. The van der Waals surface area contributed by atoms with Crippen LogP contribution >= 0.6 is 23.2 Å². The van der Waals surface area contributed by atoms with Crippen LogP contribution in [0.4, 0.5) is 0 Å². The third kappa shape index (κ3) is 3.69. The highest BCUT2D eigenvalue weighted by Gasteiger charge is 2.35. The van der Waals surface area contributed by atoms with Gasteiger partial charge in [0.25, 0.3) is 0 Å². The van der Waals surface area contributed by atoms with E-state index in [-0.39, 0.29) is 5.41 Å². The number of hydrogen-bond acceptors (Lipinski definition) is 1. The topological polar surface area (TPSA) is 26.0 Å². The molecule has 0 saturated heterocycles. The SMILES string of the molecule is CC(C)C1CCC(CN)(Cc2ccc(Cl)cc2Cl)CC1. The zero-order valence-corrected chi connectivity index (χ0v) is 14.0. The molecule has 1 saturated carbocycles. The van der Waals surface area contributed by atoms with Crippen LogP contribution in [0.2, 0.25) is 10.0 Å². The Morgan fingerprint density at radius 3 is 2.40 bits per heavy atom. The number of nitrogens with two attached hydrogens (primary N) is 1. The summed E-state index contributed by atoms with van der Waals surface area (Å²) in [7, 11) is 0. The Balaban J connectivity index is 2.09. The van der Waals surface area contributed by atoms with Gasteiger partial charge in [-0.05, 0) is 73.6 Å². The van der Waals surface area contributed by atoms with Gasteiger partial charge in [-0.2, -0.15) is 0 Å². The van der Waals surface area contributed by atoms with Gasteiger partial charge in [0.1, 0.15) is 0 Å². The maximum absolute atomic E-state index is 6.32. The van der Waals surface area contributed by atoms with Gasteiger partial charge in [0, 0.05) is 10.0 Å². The van der Waals surface area contributed by atoms with E-state index >= 15 is 0 Å². The maximum atomic E-state index is 6.32. The minimum atomic E-state index is 0.225.